The van der Waals surface area contributed by atoms with Gasteiger partial charge in [-0.2, -0.15) is 0 Å². The van der Waals surface area contributed by atoms with E-state index in [1.807, 2.05) is 5.38 Å². The van der Waals surface area contributed by atoms with Crippen LogP contribution in [0.5, 0.6) is 0 Å². The number of rotatable bonds is 4. The molecule has 1 aromatic carbocycles. The molecule has 0 bridgehead atoms. The molecule has 0 atom stereocenters. The molecule has 0 saturated carbocycles. The van der Waals surface area contributed by atoms with Crippen molar-refractivity contribution in [2.75, 3.05) is 13.6 Å². The van der Waals surface area contributed by atoms with Crippen molar-refractivity contribution >= 4 is 40.4 Å². The molecule has 0 unspecified atom stereocenters. The first kappa shape index (κ1) is 14.3. The molecule has 19 heavy (non-hydrogen) atoms. The molecule has 0 saturated heterocycles. The van der Waals surface area contributed by atoms with Gasteiger partial charge in [-0.05, 0) is 18.2 Å². The standard InChI is InChI=1S/C13H12Cl2N2OS/c1-17(6-4-12-16-5-7-19-12)13(18)9-2-3-10(14)11(15)8-9/h2-3,5,7-8H,4,6H2,1H3. The van der Waals surface area contributed by atoms with E-state index in [9.17, 15) is 4.79 Å². The molecule has 2 aromatic rings. The molecule has 0 aliphatic rings. The number of amides is 1. The molecular weight excluding hydrogens is 303 g/mol. The Hall–Kier alpha value is -1.10. The number of carbonyl (C=O) groups is 1. The first-order valence-electron chi connectivity index (χ1n) is 5.67. The Morgan fingerprint density at radius 2 is 2.16 bits per heavy atom. The van der Waals surface area contributed by atoms with Crippen molar-refractivity contribution in [2.45, 2.75) is 6.42 Å². The number of aromatic nitrogens is 1. The topological polar surface area (TPSA) is 33.2 Å². The molecule has 2 rings (SSSR count). The van der Waals surface area contributed by atoms with Gasteiger partial charge in [0.1, 0.15) is 0 Å². The molecule has 6 heteroatoms. The molecule has 0 radical (unpaired) electrons. The number of hydrogen-bond acceptors (Lipinski definition) is 3. The molecule has 100 valence electrons. The minimum atomic E-state index is -0.0740. The number of halogens is 2. The van der Waals surface area contributed by atoms with Gasteiger partial charge < -0.3 is 4.90 Å². The number of carbonyl (C=O) groups excluding carboxylic acids is 1. The molecule has 0 fully saturated rings. The van der Waals surface area contributed by atoms with E-state index in [0.717, 1.165) is 11.4 Å². The Bertz CT molecular complexity index is 572. The summed E-state index contributed by atoms with van der Waals surface area (Å²) in [6.45, 7) is 0.618. The van der Waals surface area contributed by atoms with Gasteiger partial charge in [-0.15, -0.1) is 11.3 Å². The fourth-order valence-electron chi connectivity index (χ4n) is 1.59. The highest BCUT2D eigenvalue weighted by Gasteiger charge is 2.13. The summed E-state index contributed by atoms with van der Waals surface area (Å²) in [5.41, 5.74) is 0.538. The van der Waals surface area contributed by atoms with Gasteiger partial charge in [0, 0.05) is 37.2 Å². The van der Waals surface area contributed by atoms with Crippen LogP contribution in [-0.4, -0.2) is 29.4 Å². The second kappa shape index (κ2) is 6.37. The molecular formula is C13H12Cl2N2OS. The van der Waals surface area contributed by atoms with Gasteiger partial charge in [0.2, 0.25) is 0 Å². The molecule has 0 spiro atoms. The SMILES string of the molecule is CN(CCc1nccs1)C(=O)c1ccc(Cl)c(Cl)c1. The third kappa shape index (κ3) is 3.69. The molecule has 3 nitrogen and oxygen atoms in total. The Labute approximate surface area is 125 Å². The van der Waals surface area contributed by atoms with Crippen molar-refractivity contribution in [3.8, 4) is 0 Å². The van der Waals surface area contributed by atoms with Crippen molar-refractivity contribution in [2.24, 2.45) is 0 Å². The Morgan fingerprint density at radius 1 is 1.37 bits per heavy atom. The van der Waals surface area contributed by atoms with Gasteiger partial charge in [0.05, 0.1) is 15.1 Å². The molecule has 0 aliphatic heterocycles. The summed E-state index contributed by atoms with van der Waals surface area (Å²) >= 11 is 13.3. The van der Waals surface area contributed by atoms with Crippen LogP contribution >= 0.6 is 34.5 Å². The third-order valence-corrected chi connectivity index (χ3v) is 4.24. The van der Waals surface area contributed by atoms with Gasteiger partial charge >= 0.3 is 0 Å². The lowest BCUT2D eigenvalue weighted by Crippen LogP contribution is -2.28. The third-order valence-electron chi connectivity index (χ3n) is 2.66. The lowest BCUT2D eigenvalue weighted by atomic mass is 10.2. The van der Waals surface area contributed by atoms with E-state index in [-0.39, 0.29) is 5.91 Å². The van der Waals surface area contributed by atoms with Crippen LogP contribution < -0.4 is 0 Å². The van der Waals surface area contributed by atoms with Crippen molar-refractivity contribution in [3.05, 3.63) is 50.4 Å². The maximum atomic E-state index is 12.2. The highest BCUT2D eigenvalue weighted by Crippen LogP contribution is 2.23. The van der Waals surface area contributed by atoms with Crippen LogP contribution in [-0.2, 0) is 6.42 Å². The molecule has 1 aromatic heterocycles. The van der Waals surface area contributed by atoms with Crippen LogP contribution in [0, 0.1) is 0 Å². The number of likely N-dealkylation sites (N-methyl/N-ethyl adjacent to an activating group) is 1. The summed E-state index contributed by atoms with van der Waals surface area (Å²) in [7, 11) is 1.76. The zero-order valence-electron chi connectivity index (χ0n) is 10.3. The fraction of sp³-hybridized carbons (Fsp3) is 0.231. The van der Waals surface area contributed by atoms with E-state index in [1.165, 1.54) is 0 Å². The van der Waals surface area contributed by atoms with Crippen molar-refractivity contribution in [1.82, 2.24) is 9.88 Å². The molecule has 1 amide bonds. The van der Waals surface area contributed by atoms with Crippen molar-refractivity contribution < 1.29 is 4.79 Å². The number of nitrogens with zero attached hydrogens (tertiary/aromatic N) is 2. The maximum Gasteiger partial charge on any atom is 0.253 e. The van der Waals surface area contributed by atoms with Gasteiger partial charge in [0.15, 0.2) is 0 Å². The van der Waals surface area contributed by atoms with Gasteiger partial charge in [0.25, 0.3) is 5.91 Å². The Morgan fingerprint density at radius 3 is 2.79 bits per heavy atom. The second-order valence-electron chi connectivity index (χ2n) is 4.03. The molecule has 0 N–H and O–H groups in total. The second-order valence-corrected chi connectivity index (χ2v) is 5.82. The molecule has 1 heterocycles. The summed E-state index contributed by atoms with van der Waals surface area (Å²) < 4.78 is 0. The number of benzene rings is 1. The van der Waals surface area contributed by atoms with Crippen LogP contribution in [0.2, 0.25) is 10.0 Å². The highest BCUT2D eigenvalue weighted by atomic mass is 35.5. The lowest BCUT2D eigenvalue weighted by molar-refractivity contribution is 0.0796. The van der Waals surface area contributed by atoms with E-state index in [0.29, 0.717) is 22.2 Å². The summed E-state index contributed by atoms with van der Waals surface area (Å²) in [6.07, 6.45) is 2.52. The summed E-state index contributed by atoms with van der Waals surface area (Å²) in [6, 6.07) is 4.90. The predicted molar refractivity (Wildman–Crippen MR) is 79.2 cm³/mol. The van der Waals surface area contributed by atoms with Crippen LogP contribution in [0.3, 0.4) is 0 Å². The Kier molecular flexibility index (Phi) is 4.80. The van der Waals surface area contributed by atoms with E-state index < -0.39 is 0 Å². The van der Waals surface area contributed by atoms with E-state index in [1.54, 1.807) is 47.7 Å². The smallest absolute Gasteiger partial charge is 0.253 e. The van der Waals surface area contributed by atoms with Crippen molar-refractivity contribution in [3.63, 3.8) is 0 Å². The normalized spacial score (nSPS) is 10.5. The zero-order chi connectivity index (χ0) is 13.8. The lowest BCUT2D eigenvalue weighted by Gasteiger charge is -2.16. The van der Waals surface area contributed by atoms with E-state index in [4.69, 9.17) is 23.2 Å². The number of hydrogen-bond donors (Lipinski definition) is 0. The van der Waals surface area contributed by atoms with Gasteiger partial charge in [-0.1, -0.05) is 23.2 Å². The summed E-state index contributed by atoms with van der Waals surface area (Å²) in [5.74, 6) is -0.0740. The largest absolute Gasteiger partial charge is 0.341 e. The summed E-state index contributed by atoms with van der Waals surface area (Å²) in [5, 5.41) is 3.79. The van der Waals surface area contributed by atoms with E-state index >= 15 is 0 Å². The predicted octanol–water partition coefficient (Wildman–Crippen LogP) is 3.76. The van der Waals surface area contributed by atoms with E-state index in [2.05, 4.69) is 4.98 Å². The van der Waals surface area contributed by atoms with Crippen LogP contribution in [0.4, 0.5) is 0 Å². The van der Waals surface area contributed by atoms with Gasteiger partial charge in [-0.25, -0.2) is 4.98 Å². The van der Waals surface area contributed by atoms with Crippen LogP contribution in [0.1, 0.15) is 15.4 Å². The summed E-state index contributed by atoms with van der Waals surface area (Å²) in [4.78, 5) is 18.0. The first-order valence-corrected chi connectivity index (χ1v) is 7.30. The van der Waals surface area contributed by atoms with Crippen molar-refractivity contribution in [1.29, 1.82) is 0 Å². The van der Waals surface area contributed by atoms with Gasteiger partial charge in [-0.3, -0.25) is 4.79 Å². The zero-order valence-corrected chi connectivity index (χ0v) is 12.6. The monoisotopic (exact) mass is 314 g/mol. The quantitative estimate of drug-likeness (QED) is 0.860. The average Bonchev–Trinajstić information content (AvgIpc) is 2.91. The maximum absolute atomic E-state index is 12.2. The minimum Gasteiger partial charge on any atom is -0.341 e. The van der Waals surface area contributed by atoms with Crippen LogP contribution in [0.25, 0.3) is 0 Å². The first-order chi connectivity index (χ1) is 9.08. The Balaban J connectivity index is 2.00. The fourth-order valence-corrected chi connectivity index (χ4v) is 2.50. The highest BCUT2D eigenvalue weighted by molar-refractivity contribution is 7.09. The molecule has 0 aliphatic carbocycles. The number of thiazole rings is 1. The minimum absolute atomic E-state index is 0.0740. The average molecular weight is 315 g/mol. The van der Waals surface area contributed by atoms with Crippen LogP contribution in [0.15, 0.2) is 29.8 Å².